The van der Waals surface area contributed by atoms with E-state index < -0.39 is 12.0 Å². The van der Waals surface area contributed by atoms with Crippen LogP contribution >= 0.6 is 0 Å². The van der Waals surface area contributed by atoms with Crippen molar-refractivity contribution in [2.24, 2.45) is 5.73 Å². The number of carbonyl (C=O) groups is 1. The second-order valence-electron chi connectivity index (χ2n) is 4.23. The molecule has 1 rings (SSSR count). The van der Waals surface area contributed by atoms with E-state index in [4.69, 9.17) is 20.9 Å². The molecule has 1 aromatic carbocycles. The Bertz CT molecular complexity index is 405. The Kier molecular flexibility index (Phi) is 5.87. The van der Waals surface area contributed by atoms with Crippen molar-refractivity contribution in [3.63, 3.8) is 0 Å². The molecule has 0 radical (unpaired) electrons. The Labute approximate surface area is 111 Å². The predicted molar refractivity (Wildman–Crippen MR) is 64.8 cm³/mol. The molecule has 0 spiro atoms. The van der Waals surface area contributed by atoms with Crippen LogP contribution in [-0.2, 0) is 21.0 Å². The highest BCUT2D eigenvalue weighted by Gasteiger charge is 2.18. The maximum Gasteiger partial charge on any atom is 0.327 e. The summed E-state index contributed by atoms with van der Waals surface area (Å²) >= 11 is 0. The number of hydrogen-bond donors (Lipinski definition) is 3. The first kappa shape index (κ1) is 15.5. The first-order valence-electron chi connectivity index (χ1n) is 5.76. The summed E-state index contributed by atoms with van der Waals surface area (Å²) in [5, 5.41) is 16.4. The van der Waals surface area contributed by atoms with Gasteiger partial charge >= 0.3 is 5.97 Å². The smallest absolute Gasteiger partial charge is 0.327 e. The van der Waals surface area contributed by atoms with Gasteiger partial charge in [-0.2, -0.15) is 0 Å². The van der Waals surface area contributed by atoms with E-state index in [0.29, 0.717) is 11.1 Å². The zero-order valence-corrected chi connectivity index (χ0v) is 10.8. The summed E-state index contributed by atoms with van der Waals surface area (Å²) in [7, 11) is 0. The lowest BCUT2D eigenvalue weighted by atomic mass is 10.1. The summed E-state index contributed by atoms with van der Waals surface area (Å²) in [6, 6.07) is 5.81. The molecule has 7 nitrogen and oxygen atoms in total. The average molecular weight is 270 g/mol. The molecule has 0 aromatic heterocycles. The molecule has 1 atom stereocenters. The number of rotatable bonds is 6. The normalized spacial score (nSPS) is 12.8. The molecule has 0 aliphatic heterocycles. The predicted octanol–water partition coefficient (Wildman–Crippen LogP) is 1.15. The highest BCUT2D eigenvalue weighted by Crippen LogP contribution is 2.14. The van der Waals surface area contributed by atoms with E-state index in [-0.39, 0.29) is 18.1 Å². The first-order chi connectivity index (χ1) is 8.90. The maximum atomic E-state index is 11.6. The third-order valence-corrected chi connectivity index (χ3v) is 2.29. The van der Waals surface area contributed by atoms with Crippen molar-refractivity contribution in [2.75, 3.05) is 0 Å². The fourth-order valence-electron chi connectivity index (χ4n) is 1.40. The number of ether oxygens (including phenoxy) is 1. The van der Waals surface area contributed by atoms with Crippen molar-refractivity contribution in [3.05, 3.63) is 35.4 Å². The van der Waals surface area contributed by atoms with E-state index in [0.717, 1.165) is 0 Å². The second kappa shape index (κ2) is 7.17. The number of nitrogens with two attached hydrogens (primary N) is 1. The van der Waals surface area contributed by atoms with Crippen LogP contribution in [0.4, 0.5) is 0 Å². The summed E-state index contributed by atoms with van der Waals surface area (Å²) in [5.74, 6) is -0.490. The van der Waals surface area contributed by atoms with Crippen LogP contribution in [0.2, 0.25) is 0 Å². The van der Waals surface area contributed by atoms with Gasteiger partial charge in [0.1, 0.15) is 6.04 Å². The average Bonchev–Trinajstić information content (AvgIpc) is 2.35. The number of nitrogens with zero attached hydrogens (tertiary/aromatic N) is 1. The molecule has 7 heteroatoms. The molecule has 1 unspecified atom stereocenters. The SMILES string of the molecule is CC(C)OC(=O)C(N)c1ccc(CON(O)O)cc1. The van der Waals surface area contributed by atoms with Gasteiger partial charge in [-0.1, -0.05) is 24.3 Å². The lowest BCUT2D eigenvalue weighted by molar-refractivity contribution is -0.497. The van der Waals surface area contributed by atoms with Gasteiger partial charge in [-0.3, -0.25) is 10.4 Å². The van der Waals surface area contributed by atoms with Crippen molar-refractivity contribution in [1.29, 1.82) is 0 Å². The molecule has 0 bridgehead atoms. The summed E-state index contributed by atoms with van der Waals surface area (Å²) in [5.41, 5.74) is 7.07. The summed E-state index contributed by atoms with van der Waals surface area (Å²) in [6.45, 7) is 3.49. The van der Waals surface area contributed by atoms with Crippen molar-refractivity contribution in [1.82, 2.24) is 5.39 Å². The second-order valence-corrected chi connectivity index (χ2v) is 4.23. The van der Waals surface area contributed by atoms with E-state index in [1.165, 1.54) is 0 Å². The van der Waals surface area contributed by atoms with E-state index >= 15 is 0 Å². The van der Waals surface area contributed by atoms with Gasteiger partial charge in [-0.15, -0.1) is 0 Å². The lowest BCUT2D eigenvalue weighted by Gasteiger charge is -2.14. The Balaban J connectivity index is 2.62. The van der Waals surface area contributed by atoms with Gasteiger partial charge in [-0.25, -0.2) is 9.63 Å². The largest absolute Gasteiger partial charge is 0.462 e. The number of benzene rings is 1. The Hall–Kier alpha value is -1.51. The fourth-order valence-corrected chi connectivity index (χ4v) is 1.40. The third-order valence-electron chi connectivity index (χ3n) is 2.29. The Morgan fingerprint density at radius 2 is 1.89 bits per heavy atom. The van der Waals surface area contributed by atoms with Crippen LogP contribution in [0.5, 0.6) is 0 Å². The van der Waals surface area contributed by atoms with Gasteiger partial charge in [0.05, 0.1) is 18.1 Å². The van der Waals surface area contributed by atoms with Crippen molar-refractivity contribution < 1.29 is 24.8 Å². The van der Waals surface area contributed by atoms with Crippen LogP contribution in [0.1, 0.15) is 31.0 Å². The van der Waals surface area contributed by atoms with Crippen LogP contribution in [0, 0.1) is 0 Å². The third kappa shape index (κ3) is 5.33. The van der Waals surface area contributed by atoms with Gasteiger partial charge < -0.3 is 10.5 Å². The van der Waals surface area contributed by atoms with E-state index in [9.17, 15) is 4.79 Å². The van der Waals surface area contributed by atoms with Crippen molar-refractivity contribution in [3.8, 4) is 0 Å². The molecule has 1 aromatic rings. The molecular weight excluding hydrogens is 252 g/mol. The van der Waals surface area contributed by atoms with E-state index in [2.05, 4.69) is 4.84 Å². The highest BCUT2D eigenvalue weighted by atomic mass is 17.1. The molecule has 106 valence electrons. The molecule has 0 saturated heterocycles. The Morgan fingerprint density at radius 1 is 1.32 bits per heavy atom. The fraction of sp³-hybridized carbons (Fsp3) is 0.417. The van der Waals surface area contributed by atoms with Gasteiger partial charge in [0.2, 0.25) is 0 Å². The first-order valence-corrected chi connectivity index (χ1v) is 5.76. The monoisotopic (exact) mass is 270 g/mol. The number of hydrogen-bond acceptors (Lipinski definition) is 7. The molecule has 0 heterocycles. The summed E-state index contributed by atoms with van der Waals surface area (Å²) in [6.07, 6.45) is -0.216. The van der Waals surface area contributed by atoms with Gasteiger partial charge in [0, 0.05) is 0 Å². The van der Waals surface area contributed by atoms with Gasteiger partial charge in [0.15, 0.2) is 0 Å². The molecule has 0 fully saturated rings. The molecular formula is C12H18N2O5. The van der Waals surface area contributed by atoms with E-state index in [1.807, 2.05) is 0 Å². The van der Waals surface area contributed by atoms with Crippen LogP contribution < -0.4 is 5.73 Å². The minimum Gasteiger partial charge on any atom is -0.462 e. The lowest BCUT2D eigenvalue weighted by Crippen LogP contribution is -2.26. The van der Waals surface area contributed by atoms with E-state index in [1.54, 1.807) is 38.1 Å². The van der Waals surface area contributed by atoms with Crippen LogP contribution in [0.25, 0.3) is 0 Å². The zero-order chi connectivity index (χ0) is 14.4. The van der Waals surface area contributed by atoms with Crippen LogP contribution in [0.3, 0.4) is 0 Å². The molecule has 19 heavy (non-hydrogen) atoms. The van der Waals surface area contributed by atoms with Gasteiger partial charge in [0.25, 0.3) is 0 Å². The molecule has 0 aliphatic rings. The van der Waals surface area contributed by atoms with Gasteiger partial charge in [-0.05, 0) is 25.0 Å². The standard InChI is InChI=1S/C12H18N2O5/c1-8(2)19-12(15)11(13)10-5-3-9(4-6-10)7-18-14(16)17/h3-6,8,11,16-17H,7,13H2,1-2H3. The number of carbonyl (C=O) groups excluding carboxylic acids is 1. The molecule has 0 saturated carbocycles. The van der Waals surface area contributed by atoms with Crippen LogP contribution in [0.15, 0.2) is 24.3 Å². The quantitative estimate of drug-likeness (QED) is 0.526. The highest BCUT2D eigenvalue weighted by molar-refractivity contribution is 5.77. The van der Waals surface area contributed by atoms with Crippen molar-refractivity contribution >= 4 is 5.97 Å². The van der Waals surface area contributed by atoms with Crippen molar-refractivity contribution in [2.45, 2.75) is 32.6 Å². The molecule has 0 aliphatic carbocycles. The topological polar surface area (TPSA) is 105 Å². The molecule has 4 N–H and O–H groups in total. The van der Waals surface area contributed by atoms with Crippen LogP contribution in [-0.4, -0.2) is 27.9 Å². The summed E-state index contributed by atoms with van der Waals surface area (Å²) < 4.78 is 5.01. The Morgan fingerprint density at radius 3 is 2.37 bits per heavy atom. The molecule has 0 amide bonds. The minimum absolute atomic E-state index is 0.0149. The maximum absolute atomic E-state index is 11.6. The zero-order valence-electron chi connectivity index (χ0n) is 10.8. The number of esters is 1. The minimum atomic E-state index is -0.843. The summed E-state index contributed by atoms with van der Waals surface area (Å²) in [4.78, 5) is 16.1.